The van der Waals surface area contributed by atoms with E-state index in [1.54, 1.807) is 41.9 Å². The first-order valence-electron chi connectivity index (χ1n) is 8.74. The van der Waals surface area contributed by atoms with Gasteiger partial charge in [0.2, 0.25) is 0 Å². The summed E-state index contributed by atoms with van der Waals surface area (Å²) in [4.78, 5) is 13.3. The van der Waals surface area contributed by atoms with Crippen molar-refractivity contribution in [3.8, 4) is 17.1 Å². The van der Waals surface area contributed by atoms with Crippen LogP contribution in [0.1, 0.15) is 5.56 Å². The second-order valence-electron chi connectivity index (χ2n) is 6.26. The lowest BCUT2D eigenvalue weighted by Crippen LogP contribution is -1.97. The highest BCUT2D eigenvalue weighted by Crippen LogP contribution is 2.29. The third-order valence-corrected chi connectivity index (χ3v) is 5.45. The minimum absolute atomic E-state index is 0.335. The predicted octanol–water partition coefficient (Wildman–Crippen LogP) is 5.62. The highest BCUT2D eigenvalue weighted by Gasteiger charge is 2.13. The number of thiophene rings is 1. The van der Waals surface area contributed by atoms with Gasteiger partial charge in [-0.05, 0) is 36.4 Å². The number of halogens is 1. The molecule has 5 aromatic rings. The van der Waals surface area contributed by atoms with Gasteiger partial charge in [0.25, 0.3) is 0 Å². The number of ether oxygens (including phenoxy) is 1. The van der Waals surface area contributed by atoms with E-state index in [1.807, 2.05) is 35.7 Å². The van der Waals surface area contributed by atoms with E-state index < -0.39 is 0 Å². The van der Waals surface area contributed by atoms with Gasteiger partial charge < -0.3 is 4.74 Å². The Morgan fingerprint density at radius 2 is 1.89 bits per heavy atom. The normalized spacial score (nSPS) is 11.2. The number of benzene rings is 2. The van der Waals surface area contributed by atoms with Gasteiger partial charge in [0.15, 0.2) is 5.82 Å². The maximum Gasteiger partial charge on any atom is 0.162 e. The first-order chi connectivity index (χ1) is 13.8. The summed E-state index contributed by atoms with van der Waals surface area (Å²) in [5.41, 5.74) is 3.01. The van der Waals surface area contributed by atoms with Crippen molar-refractivity contribution in [2.24, 2.45) is 0 Å². The van der Waals surface area contributed by atoms with Crippen molar-refractivity contribution in [2.75, 3.05) is 0 Å². The zero-order valence-electron chi connectivity index (χ0n) is 14.7. The van der Waals surface area contributed by atoms with Gasteiger partial charge in [0.05, 0.1) is 21.3 Å². The Kier molecular flexibility index (Phi) is 4.18. The van der Waals surface area contributed by atoms with Crippen LogP contribution < -0.4 is 4.74 Å². The summed E-state index contributed by atoms with van der Waals surface area (Å²) in [6, 6.07) is 16.2. The predicted molar refractivity (Wildman–Crippen MR) is 109 cm³/mol. The lowest BCUT2D eigenvalue weighted by atomic mass is 10.2. The van der Waals surface area contributed by atoms with E-state index in [0.29, 0.717) is 18.0 Å². The molecule has 0 radical (unpaired) electrons. The first-order valence-corrected chi connectivity index (χ1v) is 9.62. The highest BCUT2D eigenvalue weighted by atomic mass is 32.1. The largest absolute Gasteiger partial charge is 0.488 e. The van der Waals surface area contributed by atoms with Crippen LogP contribution in [0.4, 0.5) is 4.39 Å². The number of nitrogens with zero attached hydrogens (tertiary/aromatic N) is 3. The van der Waals surface area contributed by atoms with Crippen molar-refractivity contribution >= 4 is 32.5 Å². The molecule has 0 unspecified atom stereocenters. The zero-order chi connectivity index (χ0) is 18.9. The number of pyridine rings is 1. The van der Waals surface area contributed by atoms with E-state index in [9.17, 15) is 4.39 Å². The summed E-state index contributed by atoms with van der Waals surface area (Å²) < 4.78 is 21.1. The molecule has 0 bridgehead atoms. The molecule has 4 nitrogen and oxygen atoms in total. The Hall–Kier alpha value is -3.38. The van der Waals surface area contributed by atoms with Crippen molar-refractivity contribution in [1.29, 1.82) is 0 Å². The molecule has 136 valence electrons. The van der Waals surface area contributed by atoms with Gasteiger partial charge in [-0.3, -0.25) is 4.98 Å². The first kappa shape index (κ1) is 16.8. The summed E-state index contributed by atoms with van der Waals surface area (Å²) in [5.74, 6) is 0.811. The number of hydrogen-bond donors (Lipinski definition) is 0. The van der Waals surface area contributed by atoms with Crippen LogP contribution in [0, 0.1) is 5.82 Å². The second kappa shape index (κ2) is 6.98. The SMILES string of the molecule is Fc1ccccc1-c1ncc2scc(COc3cccc4ncccc34)c2n1. The number of aromatic nitrogens is 3. The zero-order valence-corrected chi connectivity index (χ0v) is 15.5. The summed E-state index contributed by atoms with van der Waals surface area (Å²) in [6.45, 7) is 0.363. The molecule has 6 heteroatoms. The molecule has 5 rings (SSSR count). The molecule has 0 amide bonds. The molecule has 0 fully saturated rings. The van der Waals surface area contributed by atoms with Crippen LogP contribution in [0.5, 0.6) is 5.75 Å². The fraction of sp³-hybridized carbons (Fsp3) is 0.0455. The average molecular weight is 387 g/mol. The highest BCUT2D eigenvalue weighted by molar-refractivity contribution is 7.17. The smallest absolute Gasteiger partial charge is 0.162 e. The van der Waals surface area contributed by atoms with Crippen LogP contribution in [-0.2, 0) is 6.61 Å². The fourth-order valence-corrected chi connectivity index (χ4v) is 3.96. The van der Waals surface area contributed by atoms with Crippen molar-refractivity contribution in [1.82, 2.24) is 15.0 Å². The van der Waals surface area contributed by atoms with Crippen molar-refractivity contribution in [3.05, 3.63) is 83.8 Å². The Labute approximate surface area is 164 Å². The molecule has 0 N–H and O–H groups in total. The molecule has 0 saturated carbocycles. The van der Waals surface area contributed by atoms with Gasteiger partial charge in [-0.1, -0.05) is 18.2 Å². The van der Waals surface area contributed by atoms with Gasteiger partial charge in [0.1, 0.15) is 18.2 Å². The summed E-state index contributed by atoms with van der Waals surface area (Å²) in [7, 11) is 0. The van der Waals surface area contributed by atoms with Crippen molar-refractivity contribution in [2.45, 2.75) is 6.61 Å². The van der Waals surface area contributed by atoms with Crippen LogP contribution >= 0.6 is 11.3 Å². The molecule has 0 aliphatic carbocycles. The maximum atomic E-state index is 14.1. The standard InChI is InChI=1S/C22H14FN3OS/c23-17-7-2-1-5-15(17)22-25-11-20-21(26-22)14(13-28-20)12-27-19-9-3-8-18-16(19)6-4-10-24-18/h1-11,13H,12H2. The Morgan fingerprint density at radius 3 is 2.82 bits per heavy atom. The molecule has 0 spiro atoms. The van der Waals surface area contributed by atoms with E-state index >= 15 is 0 Å². The van der Waals surface area contributed by atoms with Gasteiger partial charge >= 0.3 is 0 Å². The maximum absolute atomic E-state index is 14.1. The molecule has 0 aliphatic rings. The molecule has 0 saturated heterocycles. The number of fused-ring (bicyclic) bond motifs is 2. The Morgan fingerprint density at radius 1 is 0.964 bits per heavy atom. The lowest BCUT2D eigenvalue weighted by Gasteiger charge is -2.08. The van der Waals surface area contributed by atoms with E-state index in [1.165, 1.54) is 6.07 Å². The summed E-state index contributed by atoms with van der Waals surface area (Å²) >= 11 is 1.55. The Bertz CT molecular complexity index is 1300. The van der Waals surface area contributed by atoms with Crippen LogP contribution in [0.2, 0.25) is 0 Å². The van der Waals surface area contributed by atoms with Crippen LogP contribution in [0.3, 0.4) is 0 Å². The van der Waals surface area contributed by atoms with E-state index in [0.717, 1.165) is 32.4 Å². The minimum atomic E-state index is -0.335. The second-order valence-corrected chi connectivity index (χ2v) is 7.17. The molecule has 2 aromatic carbocycles. The monoisotopic (exact) mass is 387 g/mol. The van der Waals surface area contributed by atoms with Crippen LogP contribution in [0.15, 0.2) is 72.4 Å². The lowest BCUT2D eigenvalue weighted by molar-refractivity contribution is 0.311. The van der Waals surface area contributed by atoms with E-state index in [4.69, 9.17) is 4.74 Å². The van der Waals surface area contributed by atoms with Gasteiger partial charge in [-0.25, -0.2) is 14.4 Å². The van der Waals surface area contributed by atoms with E-state index in [2.05, 4.69) is 15.0 Å². The van der Waals surface area contributed by atoms with Crippen LogP contribution in [-0.4, -0.2) is 15.0 Å². The quantitative estimate of drug-likeness (QED) is 0.401. The van der Waals surface area contributed by atoms with E-state index in [-0.39, 0.29) is 5.82 Å². The molecule has 0 aliphatic heterocycles. The summed E-state index contributed by atoms with van der Waals surface area (Å²) in [5, 5.41) is 2.97. The molecular weight excluding hydrogens is 373 g/mol. The van der Waals surface area contributed by atoms with Gasteiger partial charge in [-0.15, -0.1) is 11.3 Å². The third-order valence-electron chi connectivity index (χ3n) is 4.49. The minimum Gasteiger partial charge on any atom is -0.488 e. The topological polar surface area (TPSA) is 47.9 Å². The van der Waals surface area contributed by atoms with Crippen molar-refractivity contribution < 1.29 is 9.13 Å². The molecular formula is C22H14FN3OS. The Balaban J connectivity index is 1.49. The van der Waals surface area contributed by atoms with Crippen molar-refractivity contribution in [3.63, 3.8) is 0 Å². The molecule has 28 heavy (non-hydrogen) atoms. The average Bonchev–Trinajstić information content (AvgIpc) is 3.15. The van der Waals surface area contributed by atoms with Gasteiger partial charge in [-0.2, -0.15) is 0 Å². The van der Waals surface area contributed by atoms with Gasteiger partial charge in [0, 0.05) is 28.7 Å². The number of hydrogen-bond acceptors (Lipinski definition) is 5. The molecule has 0 atom stereocenters. The third kappa shape index (κ3) is 2.97. The fourth-order valence-electron chi connectivity index (χ4n) is 3.11. The molecule has 3 aromatic heterocycles. The molecule has 3 heterocycles. The number of rotatable bonds is 4. The summed E-state index contributed by atoms with van der Waals surface area (Å²) in [6.07, 6.45) is 3.50. The van der Waals surface area contributed by atoms with Crippen LogP contribution in [0.25, 0.3) is 32.5 Å².